The van der Waals surface area contributed by atoms with E-state index < -0.39 is 0 Å². The lowest BCUT2D eigenvalue weighted by molar-refractivity contribution is 0.390. The van der Waals surface area contributed by atoms with E-state index >= 15 is 0 Å². The summed E-state index contributed by atoms with van der Waals surface area (Å²) in [5.41, 5.74) is 0.883. The van der Waals surface area contributed by atoms with Gasteiger partial charge in [0, 0.05) is 24.0 Å². The molecule has 0 unspecified atom stereocenters. The van der Waals surface area contributed by atoms with Crippen LogP contribution in [0.3, 0.4) is 0 Å². The van der Waals surface area contributed by atoms with Gasteiger partial charge in [0.15, 0.2) is 0 Å². The van der Waals surface area contributed by atoms with E-state index in [1.54, 1.807) is 24.5 Å². The number of ether oxygens (including phenoxy) is 1. The van der Waals surface area contributed by atoms with Crippen molar-refractivity contribution in [3.8, 4) is 5.88 Å². The monoisotopic (exact) mass is 269 g/mol. The van der Waals surface area contributed by atoms with Crippen LogP contribution in [0.15, 0.2) is 24.3 Å². The fourth-order valence-electron chi connectivity index (χ4n) is 1.31. The quantitative estimate of drug-likeness (QED) is 0.906. The zero-order valence-electron chi connectivity index (χ0n) is 9.31. The van der Waals surface area contributed by atoms with Gasteiger partial charge in [-0.25, -0.2) is 0 Å². The highest BCUT2D eigenvalue weighted by atomic mass is 35.5. The Morgan fingerprint density at radius 2 is 2.12 bits per heavy atom. The van der Waals surface area contributed by atoms with Crippen molar-refractivity contribution in [2.24, 2.45) is 0 Å². The molecule has 4 nitrogen and oxygen atoms in total. The molecule has 0 amide bonds. The Bertz CT molecular complexity index is 472. The lowest BCUT2D eigenvalue weighted by atomic mass is 10.3. The van der Waals surface area contributed by atoms with E-state index in [-0.39, 0.29) is 0 Å². The van der Waals surface area contributed by atoms with Crippen molar-refractivity contribution in [3.05, 3.63) is 39.2 Å². The molecule has 0 aromatic carbocycles. The Balaban J connectivity index is 1.81. The van der Waals surface area contributed by atoms with Gasteiger partial charge >= 0.3 is 0 Å². The zero-order valence-corrected chi connectivity index (χ0v) is 10.9. The highest BCUT2D eigenvalue weighted by Gasteiger charge is 1.99. The molecule has 0 aliphatic rings. The van der Waals surface area contributed by atoms with Crippen LogP contribution in [-0.2, 0) is 13.1 Å². The summed E-state index contributed by atoms with van der Waals surface area (Å²) in [4.78, 5) is 1.21. The zero-order chi connectivity index (χ0) is 12.1. The van der Waals surface area contributed by atoms with Crippen LogP contribution >= 0.6 is 22.9 Å². The van der Waals surface area contributed by atoms with E-state index in [2.05, 4.69) is 15.5 Å². The molecule has 0 spiro atoms. The van der Waals surface area contributed by atoms with Crippen molar-refractivity contribution in [2.45, 2.75) is 13.1 Å². The maximum atomic E-state index is 5.84. The molecule has 1 N–H and O–H groups in total. The maximum absolute atomic E-state index is 5.84. The van der Waals surface area contributed by atoms with E-state index in [0.717, 1.165) is 16.6 Å². The summed E-state index contributed by atoms with van der Waals surface area (Å²) in [5, 5.41) is 11.2. The lowest BCUT2D eigenvalue weighted by Crippen LogP contribution is -2.13. The van der Waals surface area contributed by atoms with Gasteiger partial charge in [0.05, 0.1) is 17.1 Å². The molecule has 0 atom stereocenters. The normalized spacial score (nSPS) is 10.5. The average Bonchev–Trinajstić information content (AvgIpc) is 2.76. The number of thiophene rings is 1. The molecule has 17 heavy (non-hydrogen) atoms. The van der Waals surface area contributed by atoms with Crippen LogP contribution in [0.5, 0.6) is 5.88 Å². The second kappa shape index (κ2) is 5.95. The second-order valence-corrected chi connectivity index (χ2v) is 5.18. The van der Waals surface area contributed by atoms with E-state index in [1.807, 2.05) is 18.2 Å². The second-order valence-electron chi connectivity index (χ2n) is 3.38. The van der Waals surface area contributed by atoms with Gasteiger partial charge in [-0.1, -0.05) is 11.6 Å². The molecule has 2 rings (SSSR count). The van der Waals surface area contributed by atoms with E-state index in [1.165, 1.54) is 4.88 Å². The van der Waals surface area contributed by atoms with Crippen LogP contribution in [-0.4, -0.2) is 17.3 Å². The summed E-state index contributed by atoms with van der Waals surface area (Å²) in [5.74, 6) is 0.527. The van der Waals surface area contributed by atoms with Crippen LogP contribution in [0.4, 0.5) is 0 Å². The van der Waals surface area contributed by atoms with E-state index in [0.29, 0.717) is 12.4 Å². The molecular formula is C11H12ClN3OS. The van der Waals surface area contributed by atoms with Gasteiger partial charge in [-0.2, -0.15) is 5.10 Å². The summed E-state index contributed by atoms with van der Waals surface area (Å²) in [6, 6.07) is 7.60. The minimum absolute atomic E-state index is 0.527. The van der Waals surface area contributed by atoms with Crippen molar-refractivity contribution in [2.75, 3.05) is 7.11 Å². The highest BCUT2D eigenvalue weighted by Crippen LogP contribution is 2.21. The van der Waals surface area contributed by atoms with Crippen molar-refractivity contribution >= 4 is 22.9 Å². The average molecular weight is 270 g/mol. The predicted molar refractivity (Wildman–Crippen MR) is 68.5 cm³/mol. The van der Waals surface area contributed by atoms with Crippen molar-refractivity contribution in [1.29, 1.82) is 0 Å². The largest absolute Gasteiger partial charge is 0.480 e. The molecule has 6 heteroatoms. The maximum Gasteiger partial charge on any atom is 0.233 e. The van der Waals surface area contributed by atoms with Crippen LogP contribution in [0.2, 0.25) is 4.34 Å². The van der Waals surface area contributed by atoms with Gasteiger partial charge in [0.2, 0.25) is 5.88 Å². The Labute approximate surface area is 109 Å². The van der Waals surface area contributed by atoms with Gasteiger partial charge in [0.25, 0.3) is 0 Å². The molecule has 2 aromatic heterocycles. The van der Waals surface area contributed by atoms with Crippen LogP contribution < -0.4 is 10.1 Å². The van der Waals surface area contributed by atoms with Gasteiger partial charge in [-0.05, 0) is 18.2 Å². The molecule has 2 heterocycles. The molecule has 0 aliphatic carbocycles. The summed E-state index contributed by atoms with van der Waals surface area (Å²) in [7, 11) is 1.57. The summed E-state index contributed by atoms with van der Waals surface area (Å²) in [6.07, 6.45) is 0. The summed E-state index contributed by atoms with van der Waals surface area (Å²) < 4.78 is 5.75. The van der Waals surface area contributed by atoms with Gasteiger partial charge < -0.3 is 10.1 Å². The van der Waals surface area contributed by atoms with Crippen LogP contribution in [0.25, 0.3) is 0 Å². The molecule has 0 radical (unpaired) electrons. The highest BCUT2D eigenvalue weighted by molar-refractivity contribution is 7.16. The standard InChI is InChI=1S/C11H12ClN3OS/c1-16-11-5-2-8(14-15-11)6-13-7-9-3-4-10(12)17-9/h2-5,13H,6-7H2,1H3. The smallest absolute Gasteiger partial charge is 0.233 e. The van der Waals surface area contributed by atoms with E-state index in [9.17, 15) is 0 Å². The third kappa shape index (κ3) is 3.66. The van der Waals surface area contributed by atoms with Crippen LogP contribution in [0.1, 0.15) is 10.6 Å². The molecule has 90 valence electrons. The number of methoxy groups -OCH3 is 1. The predicted octanol–water partition coefficient (Wildman–Crippen LogP) is 2.49. The van der Waals surface area contributed by atoms with Gasteiger partial charge in [0.1, 0.15) is 0 Å². The number of nitrogens with one attached hydrogen (secondary N) is 1. The van der Waals surface area contributed by atoms with Gasteiger partial charge in [-0.15, -0.1) is 16.4 Å². The van der Waals surface area contributed by atoms with Crippen LogP contribution in [0, 0.1) is 0 Å². The Hall–Kier alpha value is -1.17. The first-order valence-electron chi connectivity index (χ1n) is 5.09. The molecule has 2 aromatic rings. The number of hydrogen-bond acceptors (Lipinski definition) is 5. The lowest BCUT2D eigenvalue weighted by Gasteiger charge is -2.02. The third-order valence-electron chi connectivity index (χ3n) is 2.14. The topological polar surface area (TPSA) is 47.0 Å². The molecule has 0 bridgehead atoms. The Kier molecular flexibility index (Phi) is 4.30. The molecular weight excluding hydrogens is 258 g/mol. The minimum atomic E-state index is 0.527. The molecule has 0 fully saturated rings. The molecule has 0 saturated carbocycles. The first-order valence-corrected chi connectivity index (χ1v) is 6.29. The third-order valence-corrected chi connectivity index (χ3v) is 3.37. The summed E-state index contributed by atoms with van der Waals surface area (Å²) >= 11 is 7.42. The fourth-order valence-corrected chi connectivity index (χ4v) is 2.37. The number of nitrogens with zero attached hydrogens (tertiary/aromatic N) is 2. The number of halogens is 1. The fraction of sp³-hybridized carbons (Fsp3) is 0.273. The molecule has 0 saturated heterocycles. The first kappa shape index (κ1) is 12.3. The Morgan fingerprint density at radius 1 is 1.24 bits per heavy atom. The van der Waals surface area contributed by atoms with Crippen molar-refractivity contribution < 1.29 is 4.74 Å². The van der Waals surface area contributed by atoms with Gasteiger partial charge in [-0.3, -0.25) is 0 Å². The molecule has 0 aliphatic heterocycles. The number of hydrogen-bond donors (Lipinski definition) is 1. The number of rotatable bonds is 5. The summed E-state index contributed by atoms with van der Waals surface area (Å²) in [6.45, 7) is 1.46. The number of aromatic nitrogens is 2. The first-order chi connectivity index (χ1) is 8.28. The SMILES string of the molecule is COc1ccc(CNCc2ccc(Cl)s2)nn1. The minimum Gasteiger partial charge on any atom is -0.480 e. The van der Waals surface area contributed by atoms with Crippen molar-refractivity contribution in [1.82, 2.24) is 15.5 Å². The Morgan fingerprint density at radius 3 is 2.71 bits per heavy atom. The van der Waals surface area contributed by atoms with Crippen molar-refractivity contribution in [3.63, 3.8) is 0 Å². The van der Waals surface area contributed by atoms with E-state index in [4.69, 9.17) is 16.3 Å².